The fraction of sp³-hybridized carbons (Fsp3) is 0.632. The Balaban J connectivity index is 1.74. The number of nitrogens with zero attached hydrogens (tertiary/aromatic N) is 1. The molecule has 1 unspecified atom stereocenters. The molecule has 2 bridgehead atoms. The number of nitrogens with two attached hydrogens (primary N) is 1. The van der Waals surface area contributed by atoms with Crippen LogP contribution in [0, 0.1) is 6.92 Å². The van der Waals surface area contributed by atoms with Gasteiger partial charge in [0, 0.05) is 24.8 Å². The molecule has 0 aromatic heterocycles. The summed E-state index contributed by atoms with van der Waals surface area (Å²) in [6, 6.07) is 6.38. The van der Waals surface area contributed by atoms with Gasteiger partial charge >= 0.3 is 0 Å². The van der Waals surface area contributed by atoms with Gasteiger partial charge in [-0.05, 0) is 63.3 Å². The predicted molar refractivity (Wildman–Crippen MR) is 93.4 cm³/mol. The summed E-state index contributed by atoms with van der Waals surface area (Å²) in [6.45, 7) is 3.19. The Morgan fingerprint density at radius 1 is 1.29 bits per heavy atom. The topological polar surface area (TPSA) is 64.8 Å². The van der Waals surface area contributed by atoms with Gasteiger partial charge in [0.25, 0.3) is 5.91 Å². The molecule has 24 heavy (non-hydrogen) atoms. The average molecular weight is 332 g/mol. The van der Waals surface area contributed by atoms with Crippen LogP contribution in [0.25, 0.3) is 0 Å². The van der Waals surface area contributed by atoms with E-state index in [1.165, 1.54) is 0 Å². The summed E-state index contributed by atoms with van der Waals surface area (Å²) in [4.78, 5) is 15.1. The minimum atomic E-state index is 0.126. The Labute approximate surface area is 144 Å². The summed E-state index contributed by atoms with van der Waals surface area (Å²) in [7, 11) is 1.77. The number of hydrogen-bond donors (Lipinski definition) is 1. The second kappa shape index (κ2) is 7.53. The maximum absolute atomic E-state index is 13.1. The molecule has 3 atom stereocenters. The lowest BCUT2D eigenvalue weighted by atomic mass is 9.98. The van der Waals surface area contributed by atoms with E-state index in [-0.39, 0.29) is 5.91 Å². The molecule has 2 fully saturated rings. The third-order valence-corrected chi connectivity index (χ3v) is 5.30. The Kier molecular flexibility index (Phi) is 5.41. The molecule has 1 amide bonds. The minimum absolute atomic E-state index is 0.126. The van der Waals surface area contributed by atoms with Gasteiger partial charge in [0.1, 0.15) is 5.75 Å². The van der Waals surface area contributed by atoms with Crippen molar-refractivity contribution in [2.45, 2.75) is 57.2 Å². The number of amides is 1. The minimum Gasteiger partial charge on any atom is -0.493 e. The molecule has 2 N–H and O–H groups in total. The van der Waals surface area contributed by atoms with Gasteiger partial charge < -0.3 is 20.1 Å². The molecule has 0 spiro atoms. The SMILES string of the molecule is COC1C[C@H]2CC[C@@H](C1)N2C(=O)c1ccc(C)c(OCCCN)c1. The van der Waals surface area contributed by atoms with E-state index in [0.29, 0.717) is 31.3 Å². The molecule has 0 saturated carbocycles. The van der Waals surface area contributed by atoms with E-state index in [2.05, 4.69) is 4.90 Å². The van der Waals surface area contributed by atoms with Gasteiger partial charge in [-0.25, -0.2) is 0 Å². The van der Waals surface area contributed by atoms with E-state index in [1.54, 1.807) is 7.11 Å². The summed E-state index contributed by atoms with van der Waals surface area (Å²) in [5, 5.41) is 0. The number of piperidine rings is 1. The van der Waals surface area contributed by atoms with E-state index in [4.69, 9.17) is 15.2 Å². The van der Waals surface area contributed by atoms with Crippen molar-refractivity contribution >= 4 is 5.91 Å². The van der Waals surface area contributed by atoms with Crippen LogP contribution in [0.1, 0.15) is 48.0 Å². The Morgan fingerprint density at radius 3 is 2.62 bits per heavy atom. The van der Waals surface area contributed by atoms with Crippen LogP contribution in [-0.2, 0) is 4.74 Å². The van der Waals surface area contributed by atoms with Crippen LogP contribution in [0.4, 0.5) is 0 Å². The first-order chi connectivity index (χ1) is 11.6. The molecule has 2 aliphatic rings. The lowest BCUT2D eigenvalue weighted by Crippen LogP contribution is -2.48. The quantitative estimate of drug-likeness (QED) is 0.813. The Hall–Kier alpha value is -1.59. The molecule has 2 saturated heterocycles. The number of rotatable bonds is 6. The number of methoxy groups -OCH3 is 1. The van der Waals surface area contributed by atoms with E-state index in [1.807, 2.05) is 25.1 Å². The molecule has 5 nitrogen and oxygen atoms in total. The maximum atomic E-state index is 13.1. The van der Waals surface area contributed by atoms with Crippen molar-refractivity contribution in [2.24, 2.45) is 5.73 Å². The number of ether oxygens (including phenoxy) is 2. The summed E-state index contributed by atoms with van der Waals surface area (Å²) in [5.74, 6) is 0.911. The normalized spacial score (nSPS) is 25.8. The largest absolute Gasteiger partial charge is 0.493 e. The third-order valence-electron chi connectivity index (χ3n) is 5.30. The second-order valence-corrected chi connectivity index (χ2v) is 6.90. The maximum Gasteiger partial charge on any atom is 0.254 e. The standard InChI is InChI=1S/C19H28N2O3/c1-13-4-5-14(10-18(13)24-9-3-8-20)19(22)21-15-6-7-16(21)12-17(11-15)23-2/h4-5,10,15-17H,3,6-9,11-12,20H2,1-2H3/t15-,16+,17?. The zero-order chi connectivity index (χ0) is 17.1. The smallest absolute Gasteiger partial charge is 0.254 e. The number of carbonyl (C=O) groups is 1. The molecule has 2 aliphatic heterocycles. The fourth-order valence-electron chi connectivity index (χ4n) is 3.95. The first-order valence-electron chi connectivity index (χ1n) is 8.93. The molecule has 2 heterocycles. The van der Waals surface area contributed by atoms with Crippen molar-refractivity contribution in [1.82, 2.24) is 4.90 Å². The van der Waals surface area contributed by atoms with E-state index in [0.717, 1.165) is 49.0 Å². The predicted octanol–water partition coefficient (Wildman–Crippen LogP) is 2.50. The fourth-order valence-corrected chi connectivity index (χ4v) is 3.95. The Bertz CT molecular complexity index is 576. The molecule has 1 aromatic carbocycles. The highest BCUT2D eigenvalue weighted by atomic mass is 16.5. The second-order valence-electron chi connectivity index (χ2n) is 6.90. The van der Waals surface area contributed by atoms with Crippen LogP contribution >= 0.6 is 0 Å². The summed E-state index contributed by atoms with van der Waals surface area (Å²) >= 11 is 0. The van der Waals surface area contributed by atoms with Gasteiger partial charge in [-0.15, -0.1) is 0 Å². The molecular weight excluding hydrogens is 304 g/mol. The van der Waals surface area contributed by atoms with E-state index >= 15 is 0 Å². The molecule has 0 aliphatic carbocycles. The highest BCUT2D eigenvalue weighted by molar-refractivity contribution is 5.95. The van der Waals surface area contributed by atoms with Gasteiger partial charge in [-0.3, -0.25) is 4.79 Å². The number of hydrogen-bond acceptors (Lipinski definition) is 4. The first-order valence-corrected chi connectivity index (χ1v) is 8.93. The zero-order valence-electron chi connectivity index (χ0n) is 14.7. The summed E-state index contributed by atoms with van der Waals surface area (Å²) in [6.07, 6.45) is 5.17. The Morgan fingerprint density at radius 2 is 2.00 bits per heavy atom. The van der Waals surface area contributed by atoms with E-state index < -0.39 is 0 Å². The van der Waals surface area contributed by atoms with Crippen LogP contribution in [0.15, 0.2) is 18.2 Å². The molecule has 132 valence electrons. The van der Waals surface area contributed by atoms with Gasteiger partial charge in [0.05, 0.1) is 12.7 Å². The number of aryl methyl sites for hydroxylation is 1. The van der Waals surface area contributed by atoms with Gasteiger partial charge in [-0.2, -0.15) is 0 Å². The monoisotopic (exact) mass is 332 g/mol. The highest BCUT2D eigenvalue weighted by Crippen LogP contribution is 2.38. The molecule has 0 radical (unpaired) electrons. The highest BCUT2D eigenvalue weighted by Gasteiger charge is 2.43. The third kappa shape index (κ3) is 3.42. The van der Waals surface area contributed by atoms with Crippen LogP contribution in [0.3, 0.4) is 0 Å². The summed E-state index contributed by atoms with van der Waals surface area (Å²) in [5.41, 5.74) is 7.28. The zero-order valence-corrected chi connectivity index (χ0v) is 14.7. The average Bonchev–Trinajstić information content (AvgIpc) is 2.85. The van der Waals surface area contributed by atoms with Crippen molar-refractivity contribution in [1.29, 1.82) is 0 Å². The number of fused-ring (bicyclic) bond motifs is 2. The van der Waals surface area contributed by atoms with Gasteiger partial charge in [0.15, 0.2) is 0 Å². The van der Waals surface area contributed by atoms with Crippen molar-refractivity contribution in [2.75, 3.05) is 20.3 Å². The van der Waals surface area contributed by atoms with Gasteiger partial charge in [-0.1, -0.05) is 6.07 Å². The van der Waals surface area contributed by atoms with Gasteiger partial charge in [0.2, 0.25) is 0 Å². The van der Waals surface area contributed by atoms with Crippen molar-refractivity contribution < 1.29 is 14.3 Å². The van der Waals surface area contributed by atoms with Crippen molar-refractivity contribution in [3.05, 3.63) is 29.3 Å². The van der Waals surface area contributed by atoms with Crippen LogP contribution < -0.4 is 10.5 Å². The first kappa shape index (κ1) is 17.2. The van der Waals surface area contributed by atoms with Crippen LogP contribution in [0.5, 0.6) is 5.75 Å². The summed E-state index contributed by atoms with van der Waals surface area (Å²) < 4.78 is 11.3. The lowest BCUT2D eigenvalue weighted by Gasteiger charge is -2.38. The van der Waals surface area contributed by atoms with Crippen molar-refractivity contribution in [3.63, 3.8) is 0 Å². The van der Waals surface area contributed by atoms with Crippen molar-refractivity contribution in [3.8, 4) is 5.75 Å². The van der Waals surface area contributed by atoms with E-state index in [9.17, 15) is 4.79 Å². The number of benzene rings is 1. The van der Waals surface area contributed by atoms with Crippen LogP contribution in [-0.4, -0.2) is 49.3 Å². The molecule has 5 heteroatoms. The molecule has 1 aromatic rings. The lowest BCUT2D eigenvalue weighted by molar-refractivity contribution is 0.00820. The molecular formula is C19H28N2O3. The number of carbonyl (C=O) groups excluding carboxylic acids is 1. The van der Waals surface area contributed by atoms with Crippen LogP contribution in [0.2, 0.25) is 0 Å². The molecule has 3 rings (SSSR count).